The number of rotatable bonds is 6. The molecule has 0 N–H and O–H groups in total. The zero-order valence-corrected chi connectivity index (χ0v) is 15.3. The van der Waals surface area contributed by atoms with Crippen LogP contribution in [-0.2, 0) is 9.53 Å². The Balaban J connectivity index is 1.65. The summed E-state index contributed by atoms with van der Waals surface area (Å²) >= 11 is 1.53. The van der Waals surface area contributed by atoms with Gasteiger partial charge in [0.25, 0.3) is 11.6 Å². The van der Waals surface area contributed by atoms with E-state index in [1.165, 1.54) is 41.7 Å². The van der Waals surface area contributed by atoms with E-state index in [2.05, 4.69) is 10.2 Å². The van der Waals surface area contributed by atoms with Crippen molar-refractivity contribution in [2.24, 2.45) is 0 Å². The predicted molar refractivity (Wildman–Crippen MR) is 99.0 cm³/mol. The van der Waals surface area contributed by atoms with Crippen LogP contribution in [0.2, 0.25) is 0 Å². The number of hydrogen-bond donors (Lipinski definition) is 0. The molecule has 0 radical (unpaired) electrons. The molecule has 9 heteroatoms. The van der Waals surface area contributed by atoms with Crippen LogP contribution in [0.5, 0.6) is 0 Å². The lowest BCUT2D eigenvalue weighted by atomic mass is 10.2. The summed E-state index contributed by atoms with van der Waals surface area (Å²) in [4.78, 5) is 23.1. The topological polar surface area (TPSA) is 108 Å². The average molecular weight is 385 g/mol. The maximum atomic E-state index is 12.0. The summed E-state index contributed by atoms with van der Waals surface area (Å²) < 4.78 is 10.8. The molecule has 0 bridgehead atoms. The molecule has 2 aromatic heterocycles. The molecule has 0 aliphatic heterocycles. The third-order valence-electron chi connectivity index (χ3n) is 3.68. The zero-order chi connectivity index (χ0) is 19.4. The lowest BCUT2D eigenvalue weighted by molar-refractivity contribution is -0.384. The Kier molecular flexibility index (Phi) is 5.41. The molecule has 3 rings (SSSR count). The largest absolute Gasteiger partial charge is 0.449 e. The molecule has 0 aliphatic rings. The van der Waals surface area contributed by atoms with E-state index in [4.69, 9.17) is 9.15 Å². The zero-order valence-electron chi connectivity index (χ0n) is 14.5. The number of aromatic nitrogens is 2. The van der Waals surface area contributed by atoms with Crippen LogP contribution < -0.4 is 0 Å². The first-order valence-corrected chi connectivity index (χ1v) is 8.83. The number of hydrogen-bond acceptors (Lipinski definition) is 8. The fourth-order valence-electron chi connectivity index (χ4n) is 2.20. The highest BCUT2D eigenvalue weighted by Crippen LogP contribution is 2.24. The van der Waals surface area contributed by atoms with E-state index in [-0.39, 0.29) is 17.5 Å². The van der Waals surface area contributed by atoms with E-state index in [0.29, 0.717) is 5.56 Å². The van der Waals surface area contributed by atoms with Crippen LogP contribution in [-0.4, -0.2) is 21.1 Å². The number of nitro groups is 1. The fourth-order valence-corrected chi connectivity index (χ4v) is 3.02. The number of ether oxygens (including phenoxy) is 1. The van der Waals surface area contributed by atoms with Crippen molar-refractivity contribution in [3.8, 4) is 11.5 Å². The molecule has 138 valence electrons. The normalized spacial score (nSPS) is 12.2. The maximum absolute atomic E-state index is 12.0. The van der Waals surface area contributed by atoms with Crippen molar-refractivity contribution < 1.29 is 18.9 Å². The maximum Gasteiger partial charge on any atom is 0.331 e. The minimum atomic E-state index is -0.731. The molecule has 8 nitrogen and oxygen atoms in total. The molecule has 2 heterocycles. The lowest BCUT2D eigenvalue weighted by Crippen LogP contribution is -2.06. The monoisotopic (exact) mass is 385 g/mol. The standard InChI is InChI=1S/C18H15N3O5S/c1-11-9-10-27-15(11)7-8-16(22)25-12(2)17-19-20-18(26-17)13-3-5-14(6-4-13)21(23)24/h3-10,12H,1-2H3/b8-7+/t12-/m1/s1. The van der Waals surface area contributed by atoms with Crippen molar-refractivity contribution in [2.75, 3.05) is 0 Å². The van der Waals surface area contributed by atoms with Gasteiger partial charge in [-0.1, -0.05) is 0 Å². The van der Waals surface area contributed by atoms with E-state index >= 15 is 0 Å². The van der Waals surface area contributed by atoms with Crippen molar-refractivity contribution >= 4 is 29.1 Å². The summed E-state index contributed by atoms with van der Waals surface area (Å²) in [5.41, 5.74) is 1.58. The summed E-state index contributed by atoms with van der Waals surface area (Å²) in [7, 11) is 0. The molecular formula is C18H15N3O5S. The van der Waals surface area contributed by atoms with Gasteiger partial charge in [-0.2, -0.15) is 0 Å². The van der Waals surface area contributed by atoms with Gasteiger partial charge in [0.05, 0.1) is 4.92 Å². The van der Waals surface area contributed by atoms with Crippen molar-refractivity contribution in [1.29, 1.82) is 0 Å². The number of carbonyl (C=O) groups excluding carboxylic acids is 1. The van der Waals surface area contributed by atoms with Gasteiger partial charge in [0.2, 0.25) is 5.89 Å². The highest BCUT2D eigenvalue weighted by atomic mass is 32.1. The number of nitro benzene ring substituents is 1. The number of esters is 1. The number of non-ortho nitro benzene ring substituents is 1. The number of benzene rings is 1. The SMILES string of the molecule is Cc1ccsc1/C=C/C(=O)O[C@H](C)c1nnc(-c2ccc([N+](=O)[O-])cc2)o1. The van der Waals surface area contributed by atoms with Crippen LogP contribution in [0.15, 0.2) is 46.2 Å². The van der Waals surface area contributed by atoms with Crippen LogP contribution in [0.1, 0.15) is 29.4 Å². The second kappa shape index (κ2) is 7.92. The third-order valence-corrected chi connectivity index (χ3v) is 4.66. The van der Waals surface area contributed by atoms with Gasteiger partial charge in [0.1, 0.15) is 0 Å². The number of nitrogens with zero attached hydrogens (tertiary/aromatic N) is 3. The van der Waals surface area contributed by atoms with Gasteiger partial charge in [0.15, 0.2) is 6.10 Å². The molecule has 1 atom stereocenters. The molecule has 0 fully saturated rings. The molecule has 3 aromatic rings. The molecule has 0 saturated heterocycles. The van der Waals surface area contributed by atoms with Crippen molar-refractivity contribution in [3.63, 3.8) is 0 Å². The van der Waals surface area contributed by atoms with Crippen LogP contribution in [0.25, 0.3) is 17.5 Å². The molecule has 0 spiro atoms. The molecule has 1 aromatic carbocycles. The minimum absolute atomic E-state index is 0.0337. The number of thiophene rings is 1. The molecule has 27 heavy (non-hydrogen) atoms. The van der Waals surface area contributed by atoms with E-state index in [0.717, 1.165) is 10.4 Å². The molecular weight excluding hydrogens is 370 g/mol. The smallest absolute Gasteiger partial charge is 0.331 e. The van der Waals surface area contributed by atoms with Gasteiger partial charge in [-0.15, -0.1) is 21.5 Å². The molecule has 0 aliphatic carbocycles. The Hall–Kier alpha value is -3.33. The summed E-state index contributed by atoms with van der Waals surface area (Å²) in [6.45, 7) is 3.58. The number of carbonyl (C=O) groups is 1. The Morgan fingerprint density at radius 1 is 1.30 bits per heavy atom. The van der Waals surface area contributed by atoms with Gasteiger partial charge in [-0.25, -0.2) is 4.79 Å². The van der Waals surface area contributed by atoms with E-state index < -0.39 is 17.0 Å². The van der Waals surface area contributed by atoms with Crippen LogP contribution in [0.3, 0.4) is 0 Å². The van der Waals surface area contributed by atoms with Crippen LogP contribution in [0, 0.1) is 17.0 Å². The Morgan fingerprint density at radius 3 is 2.67 bits per heavy atom. The second-order valence-corrected chi connectivity index (χ2v) is 6.58. The summed E-state index contributed by atoms with van der Waals surface area (Å²) in [6, 6.07) is 7.69. The first-order valence-electron chi connectivity index (χ1n) is 7.95. The first kappa shape index (κ1) is 18.5. The van der Waals surface area contributed by atoms with E-state index in [1.807, 2.05) is 18.4 Å². The van der Waals surface area contributed by atoms with Gasteiger partial charge in [-0.05, 0) is 49.1 Å². The Morgan fingerprint density at radius 2 is 2.04 bits per heavy atom. The summed E-state index contributed by atoms with van der Waals surface area (Å²) in [5.74, 6) is -0.199. The third kappa shape index (κ3) is 4.45. The quantitative estimate of drug-likeness (QED) is 0.269. The minimum Gasteiger partial charge on any atom is -0.449 e. The Bertz CT molecular complexity index is 991. The Labute approximate surface area is 158 Å². The van der Waals surface area contributed by atoms with E-state index in [9.17, 15) is 14.9 Å². The van der Waals surface area contributed by atoms with Gasteiger partial charge in [0, 0.05) is 28.6 Å². The van der Waals surface area contributed by atoms with Crippen molar-refractivity contribution in [3.05, 3.63) is 68.2 Å². The highest BCUT2D eigenvalue weighted by Gasteiger charge is 2.18. The van der Waals surface area contributed by atoms with Crippen molar-refractivity contribution in [2.45, 2.75) is 20.0 Å². The van der Waals surface area contributed by atoms with Crippen molar-refractivity contribution in [1.82, 2.24) is 10.2 Å². The second-order valence-electron chi connectivity index (χ2n) is 5.63. The fraction of sp³-hybridized carbons (Fsp3) is 0.167. The summed E-state index contributed by atoms with van der Waals surface area (Å²) in [5, 5.41) is 20.4. The average Bonchev–Trinajstić information content (AvgIpc) is 3.29. The van der Waals surface area contributed by atoms with Gasteiger partial charge >= 0.3 is 5.97 Å². The summed E-state index contributed by atoms with van der Waals surface area (Å²) in [6.07, 6.45) is 2.32. The molecule has 0 saturated carbocycles. The van der Waals surface area contributed by atoms with Gasteiger partial charge in [-0.3, -0.25) is 10.1 Å². The van der Waals surface area contributed by atoms with Crippen LogP contribution in [0.4, 0.5) is 5.69 Å². The van der Waals surface area contributed by atoms with E-state index in [1.54, 1.807) is 13.0 Å². The number of aryl methyl sites for hydroxylation is 1. The highest BCUT2D eigenvalue weighted by molar-refractivity contribution is 7.11. The van der Waals surface area contributed by atoms with Gasteiger partial charge < -0.3 is 9.15 Å². The molecule has 0 amide bonds. The predicted octanol–water partition coefficient (Wildman–Crippen LogP) is 4.33. The lowest BCUT2D eigenvalue weighted by Gasteiger charge is -2.06. The first-order chi connectivity index (χ1) is 12.9. The van der Waals surface area contributed by atoms with Crippen LogP contribution >= 0.6 is 11.3 Å². The molecule has 0 unspecified atom stereocenters.